The number of benzene rings is 5. The summed E-state index contributed by atoms with van der Waals surface area (Å²) in [6.45, 7) is -0.284. The van der Waals surface area contributed by atoms with Gasteiger partial charge in [0, 0.05) is 56.5 Å². The predicted molar refractivity (Wildman–Crippen MR) is 254 cm³/mol. The topological polar surface area (TPSA) is 142 Å². The molecule has 0 atom stereocenters. The van der Waals surface area contributed by atoms with Gasteiger partial charge >= 0.3 is 0 Å². The van der Waals surface area contributed by atoms with Crippen molar-refractivity contribution in [2.75, 3.05) is 26.4 Å². The third-order valence-corrected chi connectivity index (χ3v) is 11.4. The van der Waals surface area contributed by atoms with Crippen molar-refractivity contribution in [3.05, 3.63) is 169 Å². The van der Waals surface area contributed by atoms with Gasteiger partial charge in [-0.05, 0) is 58.7 Å². The molecular weight excluding hydrogens is 797 g/mol. The van der Waals surface area contributed by atoms with E-state index in [1.165, 1.54) is 0 Å². The highest BCUT2D eigenvalue weighted by Crippen LogP contribution is 2.46. The molecule has 4 N–H and O–H groups in total. The maximum Gasteiger partial charge on any atom is 0.163 e. The van der Waals surface area contributed by atoms with Crippen LogP contribution in [0.1, 0.15) is 11.4 Å². The first-order chi connectivity index (χ1) is 31.6. The van der Waals surface area contributed by atoms with Crippen molar-refractivity contribution in [2.45, 2.75) is 0 Å². The second kappa shape index (κ2) is 16.6. The molecule has 2 aliphatic rings. The molecule has 0 fully saturated rings. The van der Waals surface area contributed by atoms with Gasteiger partial charge in [-0.2, -0.15) is 0 Å². The lowest BCUT2D eigenvalue weighted by atomic mass is 10.00. The van der Waals surface area contributed by atoms with Crippen LogP contribution in [0.5, 0.6) is 11.5 Å². The zero-order valence-electron chi connectivity index (χ0n) is 34.5. The minimum Gasteiger partial charge on any atom is -0.487 e. The average molecular weight is 837 g/mol. The van der Waals surface area contributed by atoms with E-state index < -0.39 is 0 Å². The van der Waals surface area contributed by atoms with Gasteiger partial charge in [0.05, 0.1) is 35.6 Å². The van der Waals surface area contributed by atoms with Gasteiger partial charge in [0.2, 0.25) is 0 Å². The summed E-state index contributed by atoms with van der Waals surface area (Å²) < 4.78 is 11.9. The van der Waals surface area contributed by atoms with Crippen LogP contribution >= 0.6 is 0 Å². The molecule has 0 amide bonds. The second-order valence-electron chi connectivity index (χ2n) is 15.4. The van der Waals surface area contributed by atoms with E-state index in [-0.39, 0.29) is 26.4 Å². The monoisotopic (exact) mass is 836 g/mol. The Balaban J connectivity index is 1.34. The van der Waals surface area contributed by atoms with Crippen molar-refractivity contribution in [3.63, 3.8) is 0 Å². The fourth-order valence-electron chi connectivity index (χ4n) is 8.65. The summed E-state index contributed by atoms with van der Waals surface area (Å²) >= 11 is 0. The van der Waals surface area contributed by atoms with Crippen molar-refractivity contribution >= 4 is 45.3 Å². The van der Waals surface area contributed by atoms with E-state index in [2.05, 4.69) is 94.9 Å². The first-order valence-electron chi connectivity index (χ1n) is 21.2. The molecule has 11 rings (SSSR count). The fourth-order valence-corrected chi connectivity index (χ4v) is 8.65. The van der Waals surface area contributed by atoms with Gasteiger partial charge in [-0.15, -0.1) is 0 Å². The summed E-state index contributed by atoms with van der Waals surface area (Å²) in [5.74, 6) is 0.761. The van der Waals surface area contributed by atoms with Crippen molar-refractivity contribution in [3.8, 4) is 78.8 Å². The van der Waals surface area contributed by atoms with Crippen LogP contribution in [0, 0.1) is 0 Å². The van der Waals surface area contributed by atoms with E-state index in [0.717, 1.165) is 78.0 Å². The Morgan fingerprint density at radius 3 is 1.08 bits per heavy atom. The van der Waals surface area contributed by atoms with E-state index in [1.807, 2.05) is 72.8 Å². The van der Waals surface area contributed by atoms with E-state index in [1.54, 1.807) is 12.1 Å². The summed E-state index contributed by atoms with van der Waals surface area (Å²) in [5, 5.41) is 19.4. The molecule has 8 bridgehead atoms. The molecule has 10 heteroatoms. The van der Waals surface area contributed by atoms with Gasteiger partial charge in [0.15, 0.2) is 11.5 Å². The summed E-state index contributed by atoms with van der Waals surface area (Å²) in [6, 6.07) is 53.1. The summed E-state index contributed by atoms with van der Waals surface area (Å²) in [5.41, 5.74) is 16.2. The smallest absolute Gasteiger partial charge is 0.163 e. The van der Waals surface area contributed by atoms with Gasteiger partial charge in [-0.25, -0.2) is 19.9 Å². The predicted octanol–water partition coefficient (Wildman–Crippen LogP) is 11.2. The molecule has 0 aliphatic carbocycles. The summed E-state index contributed by atoms with van der Waals surface area (Å²) in [6.07, 6.45) is 4.20. The van der Waals surface area contributed by atoms with Gasteiger partial charge in [-0.1, -0.05) is 121 Å². The molecule has 0 saturated heterocycles. The Hall–Kier alpha value is -8.18. The van der Waals surface area contributed by atoms with E-state index >= 15 is 0 Å². The molecule has 0 saturated carbocycles. The Morgan fingerprint density at radius 1 is 0.375 bits per heavy atom. The largest absolute Gasteiger partial charge is 0.487 e. The van der Waals surface area contributed by atoms with E-state index in [9.17, 15) is 10.2 Å². The van der Waals surface area contributed by atoms with Crippen LogP contribution in [0.2, 0.25) is 0 Å². The molecule has 4 aromatic heterocycles. The number of nitrogens with zero attached hydrogens (tertiary/aromatic N) is 4. The lowest BCUT2D eigenvalue weighted by Crippen LogP contribution is -2.07. The Morgan fingerprint density at radius 2 is 0.719 bits per heavy atom. The second-order valence-corrected chi connectivity index (χ2v) is 15.4. The zero-order chi connectivity index (χ0) is 43.0. The van der Waals surface area contributed by atoms with E-state index in [0.29, 0.717) is 45.3 Å². The fraction of sp³-hybridized carbons (Fsp3) is 0.0741. The summed E-state index contributed by atoms with van der Waals surface area (Å²) in [7, 11) is 0. The SMILES string of the molecule is OCCOc1cc2nc3c(nc2cc1OCCO)-c1nc-3c(-c2ccccc2)c2ccc([nH]2)c(-c2ccccc2)c2nc(c(-c3ccccc3)c3ccc([nH]3)c1-c1ccccc1)C=C2. The Labute approximate surface area is 367 Å². The van der Waals surface area contributed by atoms with Crippen LogP contribution < -0.4 is 9.47 Å². The highest BCUT2D eigenvalue weighted by Gasteiger charge is 2.29. The molecular formula is C54H40N6O4. The van der Waals surface area contributed by atoms with Crippen molar-refractivity contribution < 1.29 is 19.7 Å². The molecule has 5 aromatic carbocycles. The van der Waals surface area contributed by atoms with Gasteiger partial charge in [0.25, 0.3) is 0 Å². The van der Waals surface area contributed by atoms with Gasteiger partial charge in [-0.3, -0.25) is 0 Å². The van der Waals surface area contributed by atoms with Crippen molar-refractivity contribution in [1.82, 2.24) is 29.9 Å². The Kier molecular flexibility index (Phi) is 10.0. The van der Waals surface area contributed by atoms with Crippen LogP contribution in [-0.2, 0) is 0 Å². The minimum atomic E-state index is -0.189. The highest BCUT2D eigenvalue weighted by molar-refractivity contribution is 6.04. The van der Waals surface area contributed by atoms with Gasteiger partial charge < -0.3 is 29.7 Å². The number of rotatable bonds is 10. The number of hydrogen-bond acceptors (Lipinski definition) is 8. The van der Waals surface area contributed by atoms with Crippen LogP contribution in [-0.4, -0.2) is 66.5 Å². The number of nitrogens with one attached hydrogen (secondary N) is 2. The maximum atomic E-state index is 9.68. The molecule has 10 nitrogen and oxygen atoms in total. The number of aromatic nitrogens is 6. The number of fused-ring (bicyclic) bond motifs is 12. The third kappa shape index (κ3) is 6.97. The van der Waals surface area contributed by atoms with Crippen molar-refractivity contribution in [2.24, 2.45) is 0 Å². The number of ether oxygens (including phenoxy) is 2. The molecule has 2 aliphatic heterocycles. The quantitative estimate of drug-likeness (QED) is 0.107. The first kappa shape index (κ1) is 38.7. The van der Waals surface area contributed by atoms with E-state index in [4.69, 9.17) is 29.4 Å². The molecule has 310 valence electrons. The molecule has 9 aromatic rings. The minimum absolute atomic E-state index is 0.0471. The molecule has 0 spiro atoms. The Bertz CT molecular complexity index is 3180. The number of aromatic amines is 2. The standard InChI is InChI=1S/C54H40N6O4/c61-27-29-63-45-31-43-44(32-46(45)64-30-28-62)59-54-52-50(36-19-11-4-12-20-36)42-26-24-40(57-42)48(34-15-7-2-8-16-34)38-22-21-37(55-38)47(33-13-5-1-6-14-33)39-23-25-41(56-39)49(35-17-9-3-10-18-35)51(60-52)53(54)58-43/h1-26,31-32,56-57,61-62H,27-30H2. The first-order valence-corrected chi connectivity index (χ1v) is 21.2. The van der Waals surface area contributed by atoms with Gasteiger partial charge in [0.1, 0.15) is 36.0 Å². The molecule has 0 radical (unpaired) electrons. The molecule has 0 unspecified atom stereocenters. The van der Waals surface area contributed by atoms with Crippen LogP contribution in [0.3, 0.4) is 0 Å². The highest BCUT2D eigenvalue weighted by atomic mass is 16.5. The third-order valence-electron chi connectivity index (χ3n) is 11.4. The van der Waals surface area contributed by atoms with Crippen LogP contribution in [0.25, 0.3) is 113 Å². The lowest BCUT2D eigenvalue weighted by molar-refractivity contribution is 0.178. The van der Waals surface area contributed by atoms with Crippen LogP contribution in [0.4, 0.5) is 0 Å². The van der Waals surface area contributed by atoms with Crippen LogP contribution in [0.15, 0.2) is 158 Å². The molecule has 64 heavy (non-hydrogen) atoms. The summed E-state index contributed by atoms with van der Waals surface area (Å²) in [4.78, 5) is 29.5. The maximum absolute atomic E-state index is 9.68. The number of aliphatic hydroxyl groups excluding tert-OH is 2. The number of aliphatic hydroxyl groups is 2. The van der Waals surface area contributed by atoms with Crippen molar-refractivity contribution in [1.29, 1.82) is 0 Å². The zero-order valence-corrected chi connectivity index (χ0v) is 34.5. The normalized spacial score (nSPS) is 11.8. The average Bonchev–Trinajstić information content (AvgIpc) is 4.18. The number of hydrogen-bond donors (Lipinski definition) is 4. The molecule has 6 heterocycles. The number of H-pyrrole nitrogens is 2. The lowest BCUT2D eigenvalue weighted by Gasteiger charge is -2.14.